The molecule has 3 heterocycles. The highest BCUT2D eigenvalue weighted by atomic mass is 35.5. The number of hydrogen-bond acceptors (Lipinski definition) is 6. The van der Waals surface area contributed by atoms with Crippen molar-refractivity contribution in [3.63, 3.8) is 0 Å². The highest BCUT2D eigenvalue weighted by Gasteiger charge is 2.37. The Kier molecular flexibility index (Phi) is 5.33. The Morgan fingerprint density at radius 3 is 2.64 bits per heavy atom. The number of aromatic nitrogens is 3. The lowest BCUT2D eigenvalue weighted by atomic mass is 9.98. The van der Waals surface area contributed by atoms with Crippen molar-refractivity contribution >= 4 is 54.8 Å². The van der Waals surface area contributed by atoms with E-state index in [4.69, 9.17) is 27.6 Å². The van der Waals surface area contributed by atoms with Gasteiger partial charge in [-0.15, -0.1) is 11.3 Å². The number of nitrogens with zero attached hydrogens (tertiary/aromatic N) is 3. The second kappa shape index (κ2) is 8.22. The maximum absolute atomic E-state index is 13.9. The van der Waals surface area contributed by atoms with Crippen LogP contribution in [0.2, 0.25) is 10.0 Å². The summed E-state index contributed by atoms with van der Waals surface area (Å²) in [6.07, 6.45) is -0.500. The molecule has 0 aliphatic heterocycles. The van der Waals surface area contributed by atoms with Gasteiger partial charge in [0.05, 0.1) is 38.4 Å². The second-order valence-electron chi connectivity index (χ2n) is 8.54. The molecule has 1 aliphatic carbocycles. The van der Waals surface area contributed by atoms with Crippen LogP contribution in [0.15, 0.2) is 46.1 Å². The molecule has 184 valence electrons. The number of rotatable bonds is 4. The second-order valence-corrected chi connectivity index (χ2v) is 10.4. The fourth-order valence-electron chi connectivity index (χ4n) is 4.34. The van der Waals surface area contributed by atoms with Gasteiger partial charge in [-0.3, -0.25) is 9.36 Å². The van der Waals surface area contributed by atoms with Gasteiger partial charge in [0.2, 0.25) is 0 Å². The predicted octanol–water partition coefficient (Wildman–Crippen LogP) is 7.22. The number of fused-ring (bicyclic) bond motifs is 3. The van der Waals surface area contributed by atoms with Crippen molar-refractivity contribution in [2.45, 2.75) is 31.5 Å². The zero-order chi connectivity index (χ0) is 25.4. The van der Waals surface area contributed by atoms with Gasteiger partial charge >= 0.3 is 6.18 Å². The summed E-state index contributed by atoms with van der Waals surface area (Å²) >= 11 is 13.1. The summed E-state index contributed by atoms with van der Waals surface area (Å²) in [5.74, 6) is 0.189. The first-order valence-electron chi connectivity index (χ1n) is 10.8. The molecule has 1 saturated carbocycles. The third-order valence-corrected chi connectivity index (χ3v) is 7.91. The average Bonchev–Trinajstić information content (AvgIpc) is 3.40. The molecule has 36 heavy (non-hydrogen) atoms. The fraction of sp³-hybridized carbons (Fsp3) is 0.208. The van der Waals surface area contributed by atoms with Gasteiger partial charge in [0.25, 0.3) is 5.56 Å². The van der Waals surface area contributed by atoms with Gasteiger partial charge in [0, 0.05) is 10.9 Å². The number of hydrogen-bond donors (Lipinski definition) is 1. The first kappa shape index (κ1) is 23.3. The topological polar surface area (TPSA) is 81.2 Å². The normalized spacial score (nSPS) is 14.2. The van der Waals surface area contributed by atoms with Crippen LogP contribution in [0.25, 0.3) is 31.7 Å². The van der Waals surface area contributed by atoms with Crippen molar-refractivity contribution < 1.29 is 22.7 Å². The number of alkyl halides is 3. The molecule has 0 radical (unpaired) electrons. The van der Waals surface area contributed by atoms with Gasteiger partial charge in [-0.25, -0.2) is 9.97 Å². The molecule has 0 bridgehead atoms. The molecular weight excluding hydrogens is 538 g/mol. The number of halogens is 5. The average molecular weight is 552 g/mol. The van der Waals surface area contributed by atoms with E-state index in [1.807, 2.05) is 0 Å². The summed E-state index contributed by atoms with van der Waals surface area (Å²) < 4.78 is 48.4. The SMILES string of the molecule is O=c1c2c(nc(-c3cc(C(F)(F)F)c(Cl)cc3C3CC3)n1Cc1cnco1)sc1c(O)c(Cl)ccc12. The highest BCUT2D eigenvalue weighted by molar-refractivity contribution is 7.25. The molecule has 6 rings (SSSR count). The van der Waals surface area contributed by atoms with Crippen molar-refractivity contribution in [1.29, 1.82) is 0 Å². The largest absolute Gasteiger partial charge is 0.505 e. The van der Waals surface area contributed by atoms with Gasteiger partial charge in [-0.05, 0) is 42.5 Å². The predicted molar refractivity (Wildman–Crippen MR) is 131 cm³/mol. The number of benzene rings is 2. The summed E-state index contributed by atoms with van der Waals surface area (Å²) in [4.78, 5) is 22.7. The quantitative estimate of drug-likeness (QED) is 0.255. The molecule has 12 heteroatoms. The van der Waals surface area contributed by atoms with E-state index in [2.05, 4.69) is 9.97 Å². The van der Waals surface area contributed by atoms with E-state index in [0.717, 1.165) is 30.2 Å². The molecule has 2 aromatic carbocycles. The number of oxazole rings is 1. The Balaban J connectivity index is 1.71. The first-order valence-corrected chi connectivity index (χ1v) is 12.3. The van der Waals surface area contributed by atoms with E-state index < -0.39 is 22.3 Å². The van der Waals surface area contributed by atoms with Crippen molar-refractivity contribution in [1.82, 2.24) is 14.5 Å². The highest BCUT2D eigenvalue weighted by Crippen LogP contribution is 2.48. The van der Waals surface area contributed by atoms with Crippen LogP contribution in [0.1, 0.15) is 35.6 Å². The molecule has 0 spiro atoms. The Morgan fingerprint density at radius 1 is 1.19 bits per heavy atom. The minimum Gasteiger partial charge on any atom is -0.505 e. The Hall–Kier alpha value is -3.08. The lowest BCUT2D eigenvalue weighted by Crippen LogP contribution is -2.24. The van der Waals surface area contributed by atoms with E-state index in [9.17, 15) is 23.1 Å². The summed E-state index contributed by atoms with van der Waals surface area (Å²) in [6, 6.07) is 5.36. The lowest BCUT2D eigenvalue weighted by molar-refractivity contribution is -0.137. The Bertz CT molecular complexity index is 1720. The minimum atomic E-state index is -4.70. The van der Waals surface area contributed by atoms with E-state index in [0.29, 0.717) is 21.4 Å². The maximum atomic E-state index is 13.9. The standard InChI is InChI=1S/C24H14Cl2F3N3O3S/c25-16-4-3-12-18-22(36-20(12)19(16)33)31-21(32(23(18)34)8-11-7-30-9-35-11)14-5-15(24(27,28)29)17(26)6-13(14)10-1-2-10/h3-7,9-10,33H,1-2,8H2. The fourth-order valence-corrected chi connectivity index (χ4v) is 5.95. The van der Waals surface area contributed by atoms with Crippen molar-refractivity contribution in [3.05, 3.63) is 74.1 Å². The van der Waals surface area contributed by atoms with E-state index >= 15 is 0 Å². The Labute approximate surface area is 214 Å². The van der Waals surface area contributed by atoms with Gasteiger partial charge in [-0.1, -0.05) is 29.3 Å². The van der Waals surface area contributed by atoms with Gasteiger partial charge in [0.1, 0.15) is 16.4 Å². The van der Waals surface area contributed by atoms with Crippen molar-refractivity contribution in [2.24, 2.45) is 0 Å². The first-order chi connectivity index (χ1) is 17.1. The van der Waals surface area contributed by atoms with Crippen LogP contribution >= 0.6 is 34.5 Å². The smallest absolute Gasteiger partial charge is 0.417 e. The van der Waals surface area contributed by atoms with E-state index in [1.165, 1.54) is 29.3 Å². The maximum Gasteiger partial charge on any atom is 0.417 e. The molecule has 1 N–H and O–H groups in total. The monoisotopic (exact) mass is 551 g/mol. The Morgan fingerprint density at radius 2 is 1.97 bits per heavy atom. The minimum absolute atomic E-state index is 0.0105. The van der Waals surface area contributed by atoms with Crippen LogP contribution in [0.5, 0.6) is 5.75 Å². The van der Waals surface area contributed by atoms with E-state index in [-0.39, 0.29) is 44.8 Å². The number of aromatic hydroxyl groups is 1. The van der Waals surface area contributed by atoms with Crippen LogP contribution in [-0.2, 0) is 12.7 Å². The van der Waals surface area contributed by atoms with E-state index in [1.54, 1.807) is 6.07 Å². The van der Waals surface area contributed by atoms with Gasteiger partial charge in [0.15, 0.2) is 12.1 Å². The third kappa shape index (κ3) is 3.75. The van der Waals surface area contributed by atoms with Crippen LogP contribution in [0, 0.1) is 0 Å². The third-order valence-electron chi connectivity index (χ3n) is 6.19. The molecule has 1 fully saturated rings. The van der Waals surface area contributed by atoms with Crippen LogP contribution in [0.3, 0.4) is 0 Å². The lowest BCUT2D eigenvalue weighted by Gasteiger charge is -2.18. The molecule has 5 aromatic rings. The van der Waals surface area contributed by atoms with Crippen LogP contribution in [0.4, 0.5) is 13.2 Å². The summed E-state index contributed by atoms with van der Waals surface area (Å²) in [5.41, 5.74) is -0.737. The zero-order valence-corrected chi connectivity index (χ0v) is 20.4. The molecule has 0 atom stereocenters. The van der Waals surface area contributed by atoms with Gasteiger partial charge in [-0.2, -0.15) is 13.2 Å². The molecule has 0 saturated heterocycles. The summed E-state index contributed by atoms with van der Waals surface area (Å²) in [7, 11) is 0. The number of phenolic OH excluding ortho intramolecular Hbond substituents is 1. The summed E-state index contributed by atoms with van der Waals surface area (Å²) in [6.45, 7) is -0.109. The van der Waals surface area contributed by atoms with Gasteiger partial charge < -0.3 is 9.52 Å². The van der Waals surface area contributed by atoms with Crippen LogP contribution < -0.4 is 5.56 Å². The summed E-state index contributed by atoms with van der Waals surface area (Å²) in [5, 5.41) is 10.9. The molecule has 0 amide bonds. The molecule has 1 aliphatic rings. The van der Waals surface area contributed by atoms with Crippen LogP contribution in [-0.4, -0.2) is 19.6 Å². The molecular formula is C24H14Cl2F3N3O3S. The number of phenols is 1. The zero-order valence-electron chi connectivity index (χ0n) is 18.1. The molecule has 0 unspecified atom stereocenters. The molecule has 6 nitrogen and oxygen atoms in total. The van der Waals surface area contributed by atoms with Crippen molar-refractivity contribution in [3.8, 4) is 17.1 Å². The van der Waals surface area contributed by atoms with Crippen molar-refractivity contribution in [2.75, 3.05) is 0 Å². The number of thiophene rings is 1. The molecule has 3 aromatic heterocycles.